The Hall–Kier alpha value is -2.86. The van der Waals surface area contributed by atoms with Crippen molar-refractivity contribution in [2.45, 2.75) is 59.4 Å². The minimum absolute atomic E-state index is 0.0327. The van der Waals surface area contributed by atoms with E-state index in [-0.39, 0.29) is 11.8 Å². The van der Waals surface area contributed by atoms with Gasteiger partial charge in [0.05, 0.1) is 6.61 Å². The van der Waals surface area contributed by atoms with Gasteiger partial charge in [-0.05, 0) is 62.2 Å². The predicted molar refractivity (Wildman–Crippen MR) is 143 cm³/mol. The topological polar surface area (TPSA) is 61.9 Å². The lowest BCUT2D eigenvalue weighted by Gasteiger charge is -2.27. The van der Waals surface area contributed by atoms with Crippen LogP contribution in [0.5, 0.6) is 5.75 Å². The second kappa shape index (κ2) is 15.9. The zero-order chi connectivity index (χ0) is 25.5. The number of nitrogens with zero attached hydrogens (tertiary/aromatic N) is 2. The van der Waals surface area contributed by atoms with Gasteiger partial charge in [-0.15, -0.1) is 0 Å². The lowest BCUT2D eigenvalue weighted by Crippen LogP contribution is -2.50. The van der Waals surface area contributed by atoms with Gasteiger partial charge in [0.15, 0.2) is 0 Å². The fraction of sp³-hybridized carbons (Fsp3) is 0.517. The van der Waals surface area contributed by atoms with Gasteiger partial charge in [0.2, 0.25) is 5.91 Å². The van der Waals surface area contributed by atoms with Crippen LogP contribution in [0, 0.1) is 0 Å². The fourth-order valence-corrected chi connectivity index (χ4v) is 4.10. The Bertz CT molecular complexity index is 861. The number of rotatable bonds is 16. The third-order valence-corrected chi connectivity index (χ3v) is 6.08. The minimum Gasteiger partial charge on any atom is -0.494 e. The van der Waals surface area contributed by atoms with Crippen LogP contribution >= 0.6 is 0 Å². The van der Waals surface area contributed by atoms with E-state index in [1.807, 2.05) is 47.4 Å². The third kappa shape index (κ3) is 9.73. The molecule has 0 unspecified atom stereocenters. The van der Waals surface area contributed by atoms with Crippen molar-refractivity contribution in [2.75, 3.05) is 39.3 Å². The minimum atomic E-state index is -0.623. The zero-order valence-electron chi connectivity index (χ0n) is 22.0. The molecule has 2 amide bonds. The molecule has 0 aliphatic heterocycles. The van der Waals surface area contributed by atoms with E-state index in [0.717, 1.165) is 50.2 Å². The first kappa shape index (κ1) is 28.4. The Kier molecular flexibility index (Phi) is 12.9. The van der Waals surface area contributed by atoms with Gasteiger partial charge in [-0.2, -0.15) is 0 Å². The molecule has 0 radical (unpaired) electrons. The largest absolute Gasteiger partial charge is 0.494 e. The van der Waals surface area contributed by atoms with Crippen molar-refractivity contribution < 1.29 is 14.3 Å². The maximum atomic E-state index is 13.4. The van der Waals surface area contributed by atoms with Crippen molar-refractivity contribution in [3.8, 4) is 5.75 Å². The average molecular weight is 482 g/mol. The van der Waals surface area contributed by atoms with Crippen LogP contribution < -0.4 is 10.1 Å². The van der Waals surface area contributed by atoms with Crippen LogP contribution in [0.2, 0.25) is 0 Å². The summed E-state index contributed by atoms with van der Waals surface area (Å²) in [6, 6.07) is 16.3. The number of hydrogen-bond donors (Lipinski definition) is 1. The lowest BCUT2D eigenvalue weighted by molar-refractivity contribution is -0.133. The van der Waals surface area contributed by atoms with E-state index >= 15 is 0 Å². The summed E-state index contributed by atoms with van der Waals surface area (Å²) in [4.78, 5) is 30.5. The molecule has 192 valence electrons. The first-order valence-electron chi connectivity index (χ1n) is 13.1. The molecule has 1 atom stereocenters. The first-order valence-corrected chi connectivity index (χ1v) is 13.1. The summed E-state index contributed by atoms with van der Waals surface area (Å²) < 4.78 is 5.91. The zero-order valence-corrected chi connectivity index (χ0v) is 22.0. The molecule has 2 rings (SSSR count). The molecule has 0 aromatic heterocycles. The molecule has 0 fully saturated rings. The number of amides is 2. The molecule has 0 aliphatic carbocycles. The monoisotopic (exact) mass is 481 g/mol. The summed E-state index contributed by atoms with van der Waals surface area (Å²) in [5, 5.41) is 2.99. The van der Waals surface area contributed by atoms with E-state index in [2.05, 4.69) is 37.9 Å². The second-order valence-electron chi connectivity index (χ2n) is 8.79. The molecule has 0 saturated heterocycles. The predicted octanol–water partition coefficient (Wildman–Crippen LogP) is 4.79. The van der Waals surface area contributed by atoms with Crippen LogP contribution in [0.4, 0.5) is 0 Å². The number of carbonyl (C=O) groups is 2. The van der Waals surface area contributed by atoms with Gasteiger partial charge in [0.25, 0.3) is 5.91 Å². The summed E-state index contributed by atoms with van der Waals surface area (Å²) in [6.45, 7) is 13.7. The molecule has 2 aromatic carbocycles. The molecule has 6 heteroatoms. The Balaban J connectivity index is 2.06. The van der Waals surface area contributed by atoms with Gasteiger partial charge in [0, 0.05) is 31.6 Å². The molecule has 2 aromatic rings. The molecule has 0 heterocycles. The van der Waals surface area contributed by atoms with E-state index in [4.69, 9.17) is 4.74 Å². The van der Waals surface area contributed by atoms with Crippen molar-refractivity contribution in [2.24, 2.45) is 0 Å². The molecule has 0 saturated carbocycles. The highest BCUT2D eigenvalue weighted by Crippen LogP contribution is 2.15. The van der Waals surface area contributed by atoms with Gasteiger partial charge in [-0.25, -0.2) is 0 Å². The number of benzene rings is 2. The van der Waals surface area contributed by atoms with Crippen molar-refractivity contribution in [3.63, 3.8) is 0 Å². The molecule has 0 spiro atoms. The van der Waals surface area contributed by atoms with Crippen LogP contribution in [-0.4, -0.2) is 67.0 Å². The number of carbonyl (C=O) groups excluding carboxylic acids is 2. The van der Waals surface area contributed by atoms with Crippen LogP contribution in [0.3, 0.4) is 0 Å². The van der Waals surface area contributed by atoms with Crippen LogP contribution in [0.25, 0.3) is 0 Å². The van der Waals surface area contributed by atoms with Gasteiger partial charge < -0.3 is 19.9 Å². The molecular weight excluding hydrogens is 438 g/mol. The second-order valence-corrected chi connectivity index (χ2v) is 8.79. The number of nitrogens with one attached hydrogen (secondary N) is 1. The van der Waals surface area contributed by atoms with Gasteiger partial charge in [-0.1, -0.05) is 58.0 Å². The molecular formula is C29H43N3O3. The molecule has 35 heavy (non-hydrogen) atoms. The summed E-state index contributed by atoms with van der Waals surface area (Å²) >= 11 is 0. The van der Waals surface area contributed by atoms with Gasteiger partial charge >= 0.3 is 0 Å². The normalized spacial score (nSPS) is 11.8. The summed E-state index contributed by atoms with van der Waals surface area (Å²) in [6.07, 6.45) is 3.18. The maximum absolute atomic E-state index is 13.4. The maximum Gasteiger partial charge on any atom is 0.251 e. The Morgan fingerprint density at radius 3 is 2.06 bits per heavy atom. The SMILES string of the molecule is CCCN(CCC)C(=O)[C@@H](Cc1ccc(OCCCN(CC)CC)cc1)NC(=O)c1ccccc1. The van der Waals surface area contributed by atoms with Crippen molar-refractivity contribution in [1.29, 1.82) is 0 Å². The van der Waals surface area contributed by atoms with Gasteiger partial charge in [0.1, 0.15) is 11.8 Å². The Morgan fingerprint density at radius 1 is 0.857 bits per heavy atom. The summed E-state index contributed by atoms with van der Waals surface area (Å²) in [5.41, 5.74) is 1.54. The van der Waals surface area contributed by atoms with Crippen LogP contribution in [0.15, 0.2) is 54.6 Å². The van der Waals surface area contributed by atoms with E-state index in [1.165, 1.54) is 0 Å². The highest BCUT2D eigenvalue weighted by atomic mass is 16.5. The molecule has 0 bridgehead atoms. The number of hydrogen-bond acceptors (Lipinski definition) is 4. The van der Waals surface area contributed by atoms with E-state index in [1.54, 1.807) is 12.1 Å². The fourth-order valence-electron chi connectivity index (χ4n) is 4.10. The van der Waals surface area contributed by atoms with Crippen molar-refractivity contribution >= 4 is 11.8 Å². The van der Waals surface area contributed by atoms with Crippen LogP contribution in [0.1, 0.15) is 62.9 Å². The third-order valence-electron chi connectivity index (χ3n) is 6.08. The van der Waals surface area contributed by atoms with E-state index in [9.17, 15) is 9.59 Å². The van der Waals surface area contributed by atoms with E-state index in [0.29, 0.717) is 31.7 Å². The van der Waals surface area contributed by atoms with Crippen LogP contribution in [-0.2, 0) is 11.2 Å². The standard InChI is InChI=1S/C29H43N3O3/c1-5-19-32(20-6-2)29(34)27(30-28(33)25-13-10-9-11-14-25)23-24-15-17-26(18-16-24)35-22-12-21-31(7-3)8-4/h9-11,13-18,27H,5-8,12,19-23H2,1-4H3,(H,30,33)/t27-/m1/s1. The number of ether oxygens (including phenoxy) is 1. The highest BCUT2D eigenvalue weighted by Gasteiger charge is 2.26. The van der Waals surface area contributed by atoms with Crippen molar-refractivity contribution in [3.05, 3.63) is 65.7 Å². The Labute approximate surface area is 211 Å². The Morgan fingerprint density at radius 2 is 1.49 bits per heavy atom. The van der Waals surface area contributed by atoms with Crippen molar-refractivity contribution in [1.82, 2.24) is 15.1 Å². The quantitative estimate of drug-likeness (QED) is 0.350. The summed E-state index contributed by atoms with van der Waals surface area (Å²) in [5.74, 6) is 0.558. The van der Waals surface area contributed by atoms with Gasteiger partial charge in [-0.3, -0.25) is 9.59 Å². The first-order chi connectivity index (χ1) is 17.0. The summed E-state index contributed by atoms with van der Waals surface area (Å²) in [7, 11) is 0. The lowest BCUT2D eigenvalue weighted by atomic mass is 10.0. The molecule has 1 N–H and O–H groups in total. The smallest absolute Gasteiger partial charge is 0.251 e. The highest BCUT2D eigenvalue weighted by molar-refractivity contribution is 5.97. The van der Waals surface area contributed by atoms with E-state index < -0.39 is 6.04 Å². The molecule has 0 aliphatic rings. The average Bonchev–Trinajstić information content (AvgIpc) is 2.89. The molecule has 6 nitrogen and oxygen atoms in total.